The van der Waals surface area contributed by atoms with Crippen LogP contribution >= 0.6 is 7.14 Å². The van der Waals surface area contributed by atoms with Crippen molar-refractivity contribution in [2.45, 2.75) is 21.2 Å². The van der Waals surface area contributed by atoms with E-state index in [1.165, 1.54) is 15.9 Å². The molecular formula is C20H23BPSn+. The summed E-state index contributed by atoms with van der Waals surface area (Å²) in [5.41, 5.74) is 0. The van der Waals surface area contributed by atoms with Crippen LogP contribution < -0.4 is 10.6 Å². The van der Waals surface area contributed by atoms with Crippen LogP contribution in [0.5, 0.6) is 0 Å². The summed E-state index contributed by atoms with van der Waals surface area (Å²) in [6.07, 6.45) is 5.71. The second-order valence-electron chi connectivity index (χ2n) is 7.11. The Hall–Kier alpha value is -0.786. The molecule has 0 N–H and O–H groups in total. The molecule has 0 aromatic heterocycles. The van der Waals surface area contributed by atoms with Crippen molar-refractivity contribution >= 4 is 43.7 Å². The Morgan fingerprint density at radius 3 is 1.74 bits per heavy atom. The van der Waals surface area contributed by atoms with Gasteiger partial charge < -0.3 is 0 Å². The molecule has 0 spiro atoms. The normalized spacial score (nSPS) is 15.3. The zero-order chi connectivity index (χ0) is 16.5. The molecule has 2 radical (unpaired) electrons. The SMILES string of the molecule is [B][P+](C1=[C]([Sn]([CH3])([CH3])[CH3])C=CC1)(c1ccccc1)c1ccccc1. The number of hydrogen-bond donors (Lipinski definition) is 0. The topological polar surface area (TPSA) is 0 Å². The molecule has 0 saturated heterocycles. The molecule has 1 aliphatic carbocycles. The van der Waals surface area contributed by atoms with Gasteiger partial charge in [-0.05, 0) is 0 Å². The van der Waals surface area contributed by atoms with Gasteiger partial charge in [0.2, 0.25) is 0 Å². The fraction of sp³-hybridized carbons (Fsp3) is 0.200. The van der Waals surface area contributed by atoms with Gasteiger partial charge in [-0.2, -0.15) is 0 Å². The van der Waals surface area contributed by atoms with Gasteiger partial charge in [0.05, 0.1) is 0 Å². The first kappa shape index (κ1) is 17.1. The Bertz CT molecular complexity index is 703. The summed E-state index contributed by atoms with van der Waals surface area (Å²) in [6, 6.07) is 21.4. The Kier molecular flexibility index (Phi) is 4.90. The summed E-state index contributed by atoms with van der Waals surface area (Å²) < 4.78 is 1.61. The van der Waals surface area contributed by atoms with E-state index in [0.717, 1.165) is 6.42 Å². The molecule has 2 aromatic carbocycles. The molecule has 2 aromatic rings. The van der Waals surface area contributed by atoms with Crippen molar-refractivity contribution in [1.82, 2.24) is 0 Å². The third-order valence-electron chi connectivity index (χ3n) is 4.47. The molecule has 0 saturated carbocycles. The van der Waals surface area contributed by atoms with Gasteiger partial charge in [-0.25, -0.2) is 0 Å². The van der Waals surface area contributed by atoms with Crippen LogP contribution in [0.4, 0.5) is 0 Å². The quantitative estimate of drug-likeness (QED) is 0.488. The third kappa shape index (κ3) is 3.23. The predicted molar refractivity (Wildman–Crippen MR) is 109 cm³/mol. The van der Waals surface area contributed by atoms with Gasteiger partial charge in [-0.1, -0.05) is 0 Å². The van der Waals surface area contributed by atoms with Crippen LogP contribution in [-0.4, -0.2) is 25.9 Å². The minimum atomic E-state index is -2.21. The summed E-state index contributed by atoms with van der Waals surface area (Å²) in [6.45, 7) is 0. The molecular weight excluding hydrogens is 401 g/mol. The molecule has 0 bridgehead atoms. The van der Waals surface area contributed by atoms with Gasteiger partial charge in [0.15, 0.2) is 0 Å². The summed E-state index contributed by atoms with van der Waals surface area (Å²) >= 11 is -2.21. The van der Waals surface area contributed by atoms with Crippen LogP contribution in [0.1, 0.15) is 6.42 Å². The van der Waals surface area contributed by atoms with Crippen LogP contribution in [0, 0.1) is 0 Å². The zero-order valence-corrected chi connectivity index (χ0v) is 17.9. The molecule has 0 heterocycles. The molecule has 23 heavy (non-hydrogen) atoms. The van der Waals surface area contributed by atoms with E-state index >= 15 is 0 Å². The van der Waals surface area contributed by atoms with Crippen LogP contribution in [0.3, 0.4) is 0 Å². The first-order valence-corrected chi connectivity index (χ1v) is 20.0. The molecule has 0 atom stereocenters. The third-order valence-corrected chi connectivity index (χ3v) is 14.5. The average Bonchev–Trinajstić information content (AvgIpc) is 3.06. The van der Waals surface area contributed by atoms with Crippen LogP contribution in [-0.2, 0) is 0 Å². The molecule has 1 aliphatic rings. The Morgan fingerprint density at radius 1 is 0.826 bits per heavy atom. The van der Waals surface area contributed by atoms with Crippen LogP contribution in [0.15, 0.2) is 81.7 Å². The molecule has 0 fully saturated rings. The van der Waals surface area contributed by atoms with Crippen molar-refractivity contribution in [2.75, 3.05) is 0 Å². The van der Waals surface area contributed by atoms with Crippen molar-refractivity contribution in [1.29, 1.82) is 0 Å². The Balaban J connectivity index is 2.27. The van der Waals surface area contributed by atoms with Gasteiger partial charge in [0.25, 0.3) is 0 Å². The molecule has 3 rings (SSSR count). The van der Waals surface area contributed by atoms with E-state index in [0.29, 0.717) is 0 Å². The zero-order valence-electron chi connectivity index (χ0n) is 14.2. The van der Waals surface area contributed by atoms with Crippen molar-refractivity contribution in [2.24, 2.45) is 0 Å². The monoisotopic (exact) mass is 425 g/mol. The molecule has 0 aliphatic heterocycles. The molecule has 0 unspecified atom stereocenters. The van der Waals surface area contributed by atoms with Crippen molar-refractivity contribution in [3.63, 3.8) is 0 Å². The van der Waals surface area contributed by atoms with Crippen molar-refractivity contribution in [3.8, 4) is 0 Å². The maximum atomic E-state index is 7.28. The first-order valence-electron chi connectivity index (χ1n) is 8.13. The van der Waals surface area contributed by atoms with Crippen molar-refractivity contribution < 1.29 is 0 Å². The summed E-state index contributed by atoms with van der Waals surface area (Å²) in [5.74, 6) is 0. The van der Waals surface area contributed by atoms with E-state index in [-0.39, 0.29) is 0 Å². The van der Waals surface area contributed by atoms with Crippen LogP contribution in [0.2, 0.25) is 14.8 Å². The van der Waals surface area contributed by atoms with Gasteiger partial charge in [-0.3, -0.25) is 0 Å². The van der Waals surface area contributed by atoms with E-state index in [2.05, 4.69) is 87.6 Å². The maximum absolute atomic E-state index is 7.28. The second-order valence-corrected chi connectivity index (χ2v) is 24.5. The van der Waals surface area contributed by atoms with E-state index in [4.69, 9.17) is 7.57 Å². The minimum absolute atomic E-state index is 1.01. The van der Waals surface area contributed by atoms with Gasteiger partial charge in [-0.15, -0.1) is 0 Å². The van der Waals surface area contributed by atoms with E-state index in [1.807, 2.05) is 0 Å². The van der Waals surface area contributed by atoms with E-state index in [9.17, 15) is 0 Å². The van der Waals surface area contributed by atoms with E-state index in [1.54, 1.807) is 3.59 Å². The number of benzene rings is 2. The molecule has 3 heteroatoms. The number of rotatable bonds is 4. The number of hydrogen-bond acceptors (Lipinski definition) is 0. The summed E-state index contributed by atoms with van der Waals surface area (Å²) in [7, 11) is 5.28. The summed E-state index contributed by atoms with van der Waals surface area (Å²) in [4.78, 5) is 7.46. The Morgan fingerprint density at radius 2 is 1.30 bits per heavy atom. The van der Waals surface area contributed by atoms with Gasteiger partial charge in [0, 0.05) is 0 Å². The van der Waals surface area contributed by atoms with E-state index < -0.39 is 25.5 Å². The number of allylic oxidation sites excluding steroid dienone is 4. The average molecular weight is 424 g/mol. The van der Waals surface area contributed by atoms with Gasteiger partial charge in [0.1, 0.15) is 0 Å². The second kappa shape index (κ2) is 6.61. The first-order chi connectivity index (χ1) is 10.9. The fourth-order valence-corrected chi connectivity index (χ4v) is 14.6. The van der Waals surface area contributed by atoms with Crippen LogP contribution in [0.25, 0.3) is 0 Å². The Labute approximate surface area is 146 Å². The molecule has 0 amide bonds. The molecule has 114 valence electrons. The summed E-state index contributed by atoms with van der Waals surface area (Å²) in [5, 5.41) is 4.09. The molecule has 0 nitrogen and oxygen atoms in total. The predicted octanol–water partition coefficient (Wildman–Crippen LogP) is 4.83. The standard InChI is InChI=1S/C17H14BP.3CH3.Sn/c18-19(17-13-7-8-14-17,15-9-3-1-4-10-15)16-11-5-2-6-12-16;;;;/h1-12H,13H2;3*1H3;/q+1;;;;. The van der Waals surface area contributed by atoms with Gasteiger partial charge >= 0.3 is 147 Å². The van der Waals surface area contributed by atoms with Crippen molar-refractivity contribution in [3.05, 3.63) is 81.7 Å². The fourth-order valence-electron chi connectivity index (χ4n) is 3.30.